The van der Waals surface area contributed by atoms with Gasteiger partial charge in [-0.15, -0.1) is 0 Å². The van der Waals surface area contributed by atoms with Gasteiger partial charge in [0.2, 0.25) is 0 Å². The zero-order chi connectivity index (χ0) is 21.1. The Hall–Kier alpha value is -1.40. The minimum absolute atomic E-state index is 0.0654. The molecule has 1 aliphatic carbocycles. The Labute approximate surface area is 175 Å². The third kappa shape index (κ3) is 5.82. The lowest BCUT2D eigenvalue weighted by atomic mass is 9.79. The van der Waals surface area contributed by atoms with Gasteiger partial charge in [-0.05, 0) is 70.1 Å². The van der Waals surface area contributed by atoms with Crippen LogP contribution in [-0.4, -0.2) is 51.0 Å². The second-order valence-corrected chi connectivity index (χ2v) is 12.3. The molecule has 1 aromatic rings. The molecule has 0 N–H and O–H groups in total. The van der Waals surface area contributed by atoms with Crippen molar-refractivity contribution in [2.45, 2.75) is 57.6 Å². The van der Waals surface area contributed by atoms with Gasteiger partial charge < -0.3 is 9.64 Å². The van der Waals surface area contributed by atoms with E-state index in [1.165, 1.54) is 0 Å². The second kappa shape index (κ2) is 9.17. The quantitative estimate of drug-likeness (QED) is 0.701. The molecule has 3 rings (SSSR count). The van der Waals surface area contributed by atoms with Crippen LogP contribution in [0.5, 0.6) is 0 Å². The molecule has 1 aromatic carbocycles. The Morgan fingerprint density at radius 1 is 1.10 bits per heavy atom. The topological polar surface area (TPSA) is 63.7 Å². The van der Waals surface area contributed by atoms with Crippen molar-refractivity contribution >= 4 is 21.3 Å². The van der Waals surface area contributed by atoms with Gasteiger partial charge in [-0.2, -0.15) is 0 Å². The average Bonchev–Trinajstić information content (AvgIpc) is 2.68. The van der Waals surface area contributed by atoms with Crippen LogP contribution < -0.4 is 4.90 Å². The number of ether oxygens (including phenoxy) is 1. The summed E-state index contributed by atoms with van der Waals surface area (Å²) in [7, 11) is -3.10. The lowest BCUT2D eigenvalue weighted by Crippen LogP contribution is -2.36. The number of hydrogen-bond donors (Lipinski definition) is 0. The minimum atomic E-state index is -3.10. The molecule has 0 unspecified atom stereocenters. The van der Waals surface area contributed by atoms with Crippen LogP contribution in [0.2, 0.25) is 0 Å². The van der Waals surface area contributed by atoms with Crippen LogP contribution in [0.15, 0.2) is 24.3 Å². The summed E-state index contributed by atoms with van der Waals surface area (Å²) in [5.41, 5.74) is 2.23. The average molecular weight is 422 g/mol. The molecule has 0 aromatic heterocycles. The number of ketones is 1. The highest BCUT2D eigenvalue weighted by molar-refractivity contribution is 7.92. The Kier molecular flexibility index (Phi) is 7.05. The molecule has 29 heavy (non-hydrogen) atoms. The Morgan fingerprint density at radius 3 is 2.38 bits per heavy atom. The molecule has 0 atom stereocenters. The molecule has 162 valence electrons. The molecule has 1 saturated carbocycles. The monoisotopic (exact) mass is 421 g/mol. The van der Waals surface area contributed by atoms with Crippen LogP contribution >= 0.6 is 0 Å². The number of carbonyl (C=O) groups excluding carboxylic acids is 1. The van der Waals surface area contributed by atoms with E-state index < -0.39 is 14.6 Å². The van der Waals surface area contributed by atoms with Gasteiger partial charge >= 0.3 is 0 Å². The van der Waals surface area contributed by atoms with E-state index in [2.05, 4.69) is 17.0 Å². The largest absolute Gasteiger partial charge is 0.378 e. The zero-order valence-corrected chi connectivity index (χ0v) is 18.8. The van der Waals surface area contributed by atoms with E-state index in [4.69, 9.17) is 4.74 Å². The number of nitrogens with zero attached hydrogens (tertiary/aromatic N) is 1. The summed E-state index contributed by atoms with van der Waals surface area (Å²) in [4.78, 5) is 15.2. The molecule has 0 spiro atoms. The lowest BCUT2D eigenvalue weighted by molar-refractivity contribution is -0.123. The molecule has 1 saturated heterocycles. The number of Topliss-reactive ketones (excluding diaryl/α,β-unsaturated/α-hetero) is 1. The lowest BCUT2D eigenvalue weighted by Gasteiger charge is -2.30. The Morgan fingerprint density at radius 2 is 1.76 bits per heavy atom. The Bertz CT molecular complexity index is 798. The molecule has 2 aliphatic rings. The van der Waals surface area contributed by atoms with E-state index in [1.807, 2.05) is 12.1 Å². The predicted octanol–water partition coefficient (Wildman–Crippen LogP) is 3.65. The summed E-state index contributed by atoms with van der Waals surface area (Å²) in [5.74, 6) is 0.795. The van der Waals surface area contributed by atoms with E-state index in [-0.39, 0.29) is 17.6 Å². The zero-order valence-electron chi connectivity index (χ0n) is 18.0. The van der Waals surface area contributed by atoms with Gasteiger partial charge in [-0.25, -0.2) is 8.42 Å². The third-order valence-electron chi connectivity index (χ3n) is 6.36. The van der Waals surface area contributed by atoms with E-state index in [0.29, 0.717) is 12.2 Å². The van der Waals surface area contributed by atoms with Crippen LogP contribution in [0.25, 0.3) is 0 Å². The van der Waals surface area contributed by atoms with Crippen LogP contribution in [-0.2, 0) is 25.8 Å². The predicted molar refractivity (Wildman–Crippen MR) is 117 cm³/mol. The second-order valence-electron chi connectivity index (χ2n) is 9.52. The first-order valence-corrected chi connectivity index (χ1v) is 12.5. The molecule has 0 bridgehead atoms. The van der Waals surface area contributed by atoms with Gasteiger partial charge in [0, 0.05) is 31.1 Å². The number of rotatable bonds is 6. The fourth-order valence-electron chi connectivity index (χ4n) is 4.24. The summed E-state index contributed by atoms with van der Waals surface area (Å²) in [6.07, 6.45) is 3.76. The van der Waals surface area contributed by atoms with Crippen molar-refractivity contribution in [1.82, 2.24) is 0 Å². The van der Waals surface area contributed by atoms with Crippen LogP contribution in [0.3, 0.4) is 0 Å². The number of benzene rings is 1. The van der Waals surface area contributed by atoms with Crippen molar-refractivity contribution < 1.29 is 17.9 Å². The number of carbonyl (C=O) groups is 1. The summed E-state index contributed by atoms with van der Waals surface area (Å²) >= 11 is 0. The van der Waals surface area contributed by atoms with Gasteiger partial charge in [0.25, 0.3) is 0 Å². The fraction of sp³-hybridized carbons (Fsp3) is 0.696. The van der Waals surface area contributed by atoms with E-state index >= 15 is 0 Å². The highest BCUT2D eigenvalue weighted by Gasteiger charge is 2.34. The molecule has 5 nitrogen and oxygen atoms in total. The normalized spacial score (nSPS) is 23.8. The molecule has 0 amide bonds. The molecular formula is C23H35NO4S. The van der Waals surface area contributed by atoms with Crippen LogP contribution in [0.4, 0.5) is 5.69 Å². The van der Waals surface area contributed by atoms with Gasteiger partial charge in [-0.1, -0.05) is 12.1 Å². The molecule has 0 radical (unpaired) electrons. The SMILES string of the molecule is CC(C)(C)S(=O)(=O)CC1CCC(C(=O)Cc2cccc(N3CCOCC3)c2)CC1. The minimum Gasteiger partial charge on any atom is -0.378 e. The number of anilines is 1. The van der Waals surface area contributed by atoms with Crippen molar-refractivity contribution in [1.29, 1.82) is 0 Å². The van der Waals surface area contributed by atoms with E-state index in [0.717, 1.165) is 63.2 Å². The van der Waals surface area contributed by atoms with Crippen molar-refractivity contribution in [2.75, 3.05) is 37.0 Å². The Balaban J connectivity index is 1.52. The van der Waals surface area contributed by atoms with E-state index in [9.17, 15) is 13.2 Å². The van der Waals surface area contributed by atoms with Crippen LogP contribution in [0, 0.1) is 11.8 Å². The highest BCUT2D eigenvalue weighted by atomic mass is 32.2. The van der Waals surface area contributed by atoms with E-state index in [1.54, 1.807) is 20.8 Å². The number of morpholine rings is 1. The van der Waals surface area contributed by atoms with Crippen molar-refractivity contribution in [3.05, 3.63) is 29.8 Å². The van der Waals surface area contributed by atoms with Gasteiger partial charge in [0.15, 0.2) is 9.84 Å². The molecule has 1 heterocycles. The molecule has 1 aliphatic heterocycles. The van der Waals surface area contributed by atoms with Crippen molar-refractivity contribution in [2.24, 2.45) is 11.8 Å². The van der Waals surface area contributed by atoms with Crippen molar-refractivity contribution in [3.63, 3.8) is 0 Å². The van der Waals surface area contributed by atoms with Gasteiger partial charge in [-0.3, -0.25) is 4.79 Å². The summed E-state index contributed by atoms with van der Waals surface area (Å²) in [6.45, 7) is 8.57. The maximum absolute atomic E-state index is 12.9. The first-order valence-electron chi connectivity index (χ1n) is 10.8. The number of hydrogen-bond acceptors (Lipinski definition) is 5. The maximum atomic E-state index is 12.9. The first-order chi connectivity index (χ1) is 13.7. The first kappa shape index (κ1) is 22.3. The summed E-state index contributed by atoms with van der Waals surface area (Å²) in [6, 6.07) is 8.29. The van der Waals surface area contributed by atoms with Gasteiger partial charge in [0.05, 0.1) is 23.7 Å². The highest BCUT2D eigenvalue weighted by Crippen LogP contribution is 2.33. The summed E-state index contributed by atoms with van der Waals surface area (Å²) in [5, 5.41) is 0. The molecule has 2 fully saturated rings. The molecular weight excluding hydrogens is 386 g/mol. The third-order valence-corrected chi connectivity index (χ3v) is 9.13. The fourth-order valence-corrected chi connectivity index (χ4v) is 5.70. The number of sulfone groups is 1. The standard InChI is InChI=1S/C23H35NO4S/c1-23(2,3)29(26,27)17-18-7-9-20(10-8-18)22(25)16-19-5-4-6-21(15-19)24-11-13-28-14-12-24/h4-6,15,18,20H,7-14,16-17H2,1-3H3. The van der Waals surface area contributed by atoms with Crippen LogP contribution in [0.1, 0.15) is 52.0 Å². The molecule has 6 heteroatoms. The maximum Gasteiger partial charge on any atom is 0.155 e. The summed E-state index contributed by atoms with van der Waals surface area (Å²) < 4.78 is 29.6. The van der Waals surface area contributed by atoms with Gasteiger partial charge in [0.1, 0.15) is 5.78 Å². The van der Waals surface area contributed by atoms with Crippen molar-refractivity contribution in [3.8, 4) is 0 Å². The smallest absolute Gasteiger partial charge is 0.155 e.